The maximum absolute atomic E-state index is 10.8. The number of nitro groups is 1. The van der Waals surface area contributed by atoms with E-state index in [0.29, 0.717) is 12.0 Å². The average Bonchev–Trinajstić information content (AvgIpc) is 2.34. The van der Waals surface area contributed by atoms with Crippen LogP contribution in [0.4, 0.5) is 11.4 Å². The van der Waals surface area contributed by atoms with Crippen molar-refractivity contribution in [1.29, 1.82) is 0 Å². The maximum Gasteiger partial charge on any atom is 0.271 e. The molecule has 0 aromatic heterocycles. The zero-order valence-corrected chi connectivity index (χ0v) is 12.8. The Labute approximate surface area is 121 Å². The summed E-state index contributed by atoms with van der Waals surface area (Å²) in [6.07, 6.45) is 3.55. The number of hydrogen-bond donors (Lipinski definition) is 1. The molecule has 1 N–H and O–H groups in total. The van der Waals surface area contributed by atoms with E-state index in [0.717, 1.165) is 22.5 Å². The Morgan fingerprint density at radius 2 is 2.11 bits per heavy atom. The normalized spacial score (nSPS) is 27.0. The molecule has 1 aliphatic rings. The minimum atomic E-state index is -0.357. The van der Waals surface area contributed by atoms with Crippen LogP contribution >= 0.6 is 15.9 Å². The third kappa shape index (κ3) is 3.47. The highest BCUT2D eigenvalue weighted by Crippen LogP contribution is 2.34. The van der Waals surface area contributed by atoms with Gasteiger partial charge in [-0.05, 0) is 53.1 Å². The minimum Gasteiger partial charge on any atom is -0.381 e. The summed E-state index contributed by atoms with van der Waals surface area (Å²) < 4.78 is 0.879. The van der Waals surface area contributed by atoms with Crippen LogP contribution in [0.1, 0.15) is 33.1 Å². The van der Waals surface area contributed by atoms with E-state index in [9.17, 15) is 10.1 Å². The van der Waals surface area contributed by atoms with Gasteiger partial charge in [-0.2, -0.15) is 0 Å². The first-order valence-electron chi connectivity index (χ1n) is 6.68. The number of hydrogen-bond acceptors (Lipinski definition) is 3. The predicted molar refractivity (Wildman–Crippen MR) is 80.4 cm³/mol. The van der Waals surface area contributed by atoms with E-state index in [4.69, 9.17) is 0 Å². The topological polar surface area (TPSA) is 55.2 Å². The molecule has 4 nitrogen and oxygen atoms in total. The molecule has 0 radical (unpaired) electrons. The number of anilines is 1. The molecule has 0 heterocycles. The Morgan fingerprint density at radius 1 is 1.37 bits per heavy atom. The second-order valence-corrected chi connectivity index (χ2v) is 6.42. The van der Waals surface area contributed by atoms with Crippen LogP contribution in [0.15, 0.2) is 22.7 Å². The van der Waals surface area contributed by atoms with E-state index in [-0.39, 0.29) is 10.6 Å². The molecule has 19 heavy (non-hydrogen) atoms. The molecule has 5 heteroatoms. The largest absolute Gasteiger partial charge is 0.381 e. The van der Waals surface area contributed by atoms with Crippen molar-refractivity contribution in [2.45, 2.75) is 39.2 Å². The fraction of sp³-hybridized carbons (Fsp3) is 0.571. The molecule has 0 spiro atoms. The van der Waals surface area contributed by atoms with Crippen LogP contribution in [0.2, 0.25) is 0 Å². The van der Waals surface area contributed by atoms with Crippen LogP contribution in [-0.2, 0) is 0 Å². The van der Waals surface area contributed by atoms with Gasteiger partial charge in [-0.25, -0.2) is 0 Å². The molecule has 0 aliphatic heterocycles. The second-order valence-electron chi connectivity index (χ2n) is 5.57. The number of halogens is 1. The number of nitrogens with zero attached hydrogens (tertiary/aromatic N) is 1. The molecule has 1 aliphatic carbocycles. The predicted octanol–water partition coefficient (Wildman–Crippen LogP) is 4.59. The van der Waals surface area contributed by atoms with Gasteiger partial charge in [0.05, 0.1) is 10.6 Å². The van der Waals surface area contributed by atoms with E-state index in [1.165, 1.54) is 18.9 Å². The van der Waals surface area contributed by atoms with Gasteiger partial charge < -0.3 is 5.32 Å². The van der Waals surface area contributed by atoms with Gasteiger partial charge in [-0.15, -0.1) is 0 Å². The van der Waals surface area contributed by atoms with E-state index in [1.54, 1.807) is 12.1 Å². The van der Waals surface area contributed by atoms with Gasteiger partial charge in [-0.1, -0.05) is 13.8 Å². The number of benzene rings is 1. The zero-order chi connectivity index (χ0) is 14.0. The summed E-state index contributed by atoms with van der Waals surface area (Å²) >= 11 is 3.45. The molecule has 1 aromatic carbocycles. The first kappa shape index (κ1) is 14.3. The molecular weight excluding hydrogens is 308 g/mol. The van der Waals surface area contributed by atoms with Crippen LogP contribution in [0.25, 0.3) is 0 Å². The smallest absolute Gasteiger partial charge is 0.271 e. The average molecular weight is 327 g/mol. The molecule has 2 rings (SSSR count). The van der Waals surface area contributed by atoms with Crippen molar-refractivity contribution in [3.05, 3.63) is 32.8 Å². The Balaban J connectivity index is 2.14. The van der Waals surface area contributed by atoms with Gasteiger partial charge in [0.2, 0.25) is 0 Å². The summed E-state index contributed by atoms with van der Waals surface area (Å²) in [6.45, 7) is 4.54. The summed E-state index contributed by atoms with van der Waals surface area (Å²) in [4.78, 5) is 10.5. The van der Waals surface area contributed by atoms with Crippen molar-refractivity contribution >= 4 is 27.3 Å². The van der Waals surface area contributed by atoms with Crippen LogP contribution in [0, 0.1) is 22.0 Å². The molecule has 0 saturated heterocycles. The number of rotatable bonds is 3. The van der Waals surface area contributed by atoms with E-state index in [1.807, 2.05) is 0 Å². The first-order chi connectivity index (χ1) is 8.97. The van der Waals surface area contributed by atoms with Crippen molar-refractivity contribution in [3.63, 3.8) is 0 Å². The minimum absolute atomic E-state index is 0.127. The van der Waals surface area contributed by atoms with Crippen LogP contribution in [0.3, 0.4) is 0 Å². The lowest BCUT2D eigenvalue weighted by Gasteiger charge is -2.34. The molecule has 0 bridgehead atoms. The Morgan fingerprint density at radius 3 is 2.74 bits per heavy atom. The molecule has 104 valence electrons. The van der Waals surface area contributed by atoms with Crippen molar-refractivity contribution in [2.75, 3.05) is 5.32 Å². The van der Waals surface area contributed by atoms with Gasteiger partial charge in [0.25, 0.3) is 5.69 Å². The van der Waals surface area contributed by atoms with Gasteiger partial charge in [0.1, 0.15) is 0 Å². The third-order valence-electron chi connectivity index (χ3n) is 3.93. The molecule has 3 atom stereocenters. The first-order valence-corrected chi connectivity index (χ1v) is 7.47. The zero-order valence-electron chi connectivity index (χ0n) is 11.2. The highest BCUT2D eigenvalue weighted by atomic mass is 79.9. The molecular formula is C14H19BrN2O2. The SMILES string of the molecule is CC1CCC(Nc2cc([N+](=O)[O-])ccc2Br)C(C)C1. The number of nitro benzene ring substituents is 1. The quantitative estimate of drug-likeness (QED) is 0.652. The lowest BCUT2D eigenvalue weighted by atomic mass is 9.80. The standard InChI is InChI=1S/C14H19BrN2O2/c1-9-3-6-13(10(2)7-9)16-14-8-11(17(18)19)4-5-12(14)15/h4-5,8-10,13,16H,3,6-7H2,1-2H3. The van der Waals surface area contributed by atoms with Gasteiger partial charge in [0.15, 0.2) is 0 Å². The molecule has 3 unspecified atom stereocenters. The van der Waals surface area contributed by atoms with E-state index >= 15 is 0 Å². The number of non-ortho nitro benzene ring substituents is 1. The second kappa shape index (κ2) is 5.90. The monoisotopic (exact) mass is 326 g/mol. The summed E-state index contributed by atoms with van der Waals surface area (Å²) in [5.41, 5.74) is 0.947. The Bertz CT molecular complexity index is 479. The lowest BCUT2D eigenvalue weighted by Crippen LogP contribution is -2.33. The summed E-state index contributed by atoms with van der Waals surface area (Å²) in [5.74, 6) is 1.37. The Kier molecular flexibility index (Phi) is 4.45. The van der Waals surface area contributed by atoms with Gasteiger partial charge in [0, 0.05) is 22.6 Å². The molecule has 1 saturated carbocycles. The van der Waals surface area contributed by atoms with E-state index < -0.39 is 0 Å². The fourth-order valence-electron chi connectivity index (χ4n) is 2.82. The highest BCUT2D eigenvalue weighted by molar-refractivity contribution is 9.10. The fourth-order valence-corrected chi connectivity index (χ4v) is 3.18. The highest BCUT2D eigenvalue weighted by Gasteiger charge is 2.25. The van der Waals surface area contributed by atoms with Gasteiger partial charge >= 0.3 is 0 Å². The van der Waals surface area contributed by atoms with Crippen molar-refractivity contribution in [3.8, 4) is 0 Å². The van der Waals surface area contributed by atoms with Crippen molar-refractivity contribution in [1.82, 2.24) is 0 Å². The molecule has 1 fully saturated rings. The summed E-state index contributed by atoms with van der Waals surface area (Å²) in [7, 11) is 0. The van der Waals surface area contributed by atoms with Crippen LogP contribution in [0.5, 0.6) is 0 Å². The van der Waals surface area contributed by atoms with Crippen LogP contribution < -0.4 is 5.32 Å². The van der Waals surface area contributed by atoms with Gasteiger partial charge in [-0.3, -0.25) is 10.1 Å². The summed E-state index contributed by atoms with van der Waals surface area (Å²) in [6, 6.07) is 5.25. The van der Waals surface area contributed by atoms with Crippen molar-refractivity contribution in [2.24, 2.45) is 11.8 Å². The lowest BCUT2D eigenvalue weighted by molar-refractivity contribution is -0.384. The molecule has 0 amide bonds. The Hall–Kier alpha value is -1.10. The third-order valence-corrected chi connectivity index (χ3v) is 4.62. The van der Waals surface area contributed by atoms with Crippen LogP contribution in [-0.4, -0.2) is 11.0 Å². The van der Waals surface area contributed by atoms with E-state index in [2.05, 4.69) is 35.1 Å². The number of nitrogens with one attached hydrogen (secondary N) is 1. The maximum atomic E-state index is 10.8. The summed E-state index contributed by atoms with van der Waals surface area (Å²) in [5, 5.41) is 14.3. The molecule has 1 aromatic rings. The van der Waals surface area contributed by atoms with Crippen molar-refractivity contribution < 1.29 is 4.92 Å².